The number of hydrogen-bond acceptors (Lipinski definition) is 5. The van der Waals surface area contributed by atoms with Gasteiger partial charge in [-0.2, -0.15) is 11.3 Å². The van der Waals surface area contributed by atoms with Crippen LogP contribution in [0, 0.1) is 17.0 Å². The summed E-state index contributed by atoms with van der Waals surface area (Å²) in [4.78, 5) is 14.5. The smallest absolute Gasteiger partial charge is 0.312 e. The maximum atomic E-state index is 10.9. The van der Waals surface area contributed by atoms with Crippen molar-refractivity contribution in [3.05, 3.63) is 48.7 Å². The number of nitro groups is 1. The first kappa shape index (κ1) is 13.0. The predicted octanol–water partition coefficient (Wildman–Crippen LogP) is 3.73. The minimum absolute atomic E-state index is 0.0303. The van der Waals surface area contributed by atoms with Gasteiger partial charge in [0.05, 0.1) is 4.92 Å². The molecule has 0 aliphatic rings. The van der Waals surface area contributed by atoms with Gasteiger partial charge >= 0.3 is 5.69 Å². The Balaban J connectivity index is 2.19. The second kappa shape index (κ2) is 5.45. The molecule has 2 aromatic rings. The lowest BCUT2D eigenvalue weighted by atomic mass is 10.2. The van der Waals surface area contributed by atoms with Crippen molar-refractivity contribution in [2.75, 3.05) is 5.32 Å². The Bertz CT molecular complexity index is 585. The van der Waals surface area contributed by atoms with Crippen LogP contribution in [0.4, 0.5) is 11.5 Å². The summed E-state index contributed by atoms with van der Waals surface area (Å²) in [6.07, 6.45) is 1.54. The molecule has 0 unspecified atom stereocenters. The summed E-state index contributed by atoms with van der Waals surface area (Å²) in [6.45, 7) is 2.54. The van der Waals surface area contributed by atoms with E-state index >= 15 is 0 Å². The van der Waals surface area contributed by atoms with Crippen molar-refractivity contribution >= 4 is 38.8 Å². The quantitative estimate of drug-likeness (QED) is 0.686. The molecule has 0 atom stereocenters. The normalized spacial score (nSPS) is 10.3. The lowest BCUT2D eigenvalue weighted by Gasteiger charge is -2.06. The average Bonchev–Trinajstić information content (AvgIpc) is 2.73. The van der Waals surface area contributed by atoms with Gasteiger partial charge in [0.2, 0.25) is 5.82 Å². The third-order valence-electron chi connectivity index (χ3n) is 2.44. The number of aryl methyl sites for hydroxylation is 1. The summed E-state index contributed by atoms with van der Waals surface area (Å²) in [6, 6.07) is 1.44. The van der Waals surface area contributed by atoms with Gasteiger partial charge in [-0.15, -0.1) is 0 Å². The SMILES string of the molecule is Cc1cscc1CNc1ncc(Br)cc1[N+](=O)[O-]. The van der Waals surface area contributed by atoms with Crippen molar-refractivity contribution in [1.82, 2.24) is 4.98 Å². The molecule has 0 fully saturated rings. The van der Waals surface area contributed by atoms with Gasteiger partial charge < -0.3 is 5.32 Å². The summed E-state index contributed by atoms with van der Waals surface area (Å²) in [7, 11) is 0. The molecule has 0 saturated heterocycles. The van der Waals surface area contributed by atoms with Crippen LogP contribution in [0.3, 0.4) is 0 Å². The van der Waals surface area contributed by atoms with E-state index in [1.807, 2.05) is 17.7 Å². The van der Waals surface area contributed by atoms with Gasteiger partial charge in [-0.1, -0.05) is 0 Å². The van der Waals surface area contributed by atoms with Crippen LogP contribution in [0.2, 0.25) is 0 Å². The molecule has 0 radical (unpaired) electrons. The molecule has 0 bridgehead atoms. The molecule has 94 valence electrons. The van der Waals surface area contributed by atoms with Crippen LogP contribution < -0.4 is 5.32 Å². The number of aromatic nitrogens is 1. The molecule has 0 spiro atoms. The topological polar surface area (TPSA) is 68.1 Å². The van der Waals surface area contributed by atoms with Gasteiger partial charge in [-0.25, -0.2) is 4.98 Å². The molecular formula is C11H10BrN3O2S. The molecule has 0 aliphatic carbocycles. The van der Waals surface area contributed by atoms with Crippen molar-refractivity contribution in [2.45, 2.75) is 13.5 Å². The highest BCUT2D eigenvalue weighted by atomic mass is 79.9. The van der Waals surface area contributed by atoms with Crippen LogP contribution in [0.5, 0.6) is 0 Å². The maximum Gasteiger partial charge on any atom is 0.312 e. The van der Waals surface area contributed by atoms with E-state index in [4.69, 9.17) is 0 Å². The van der Waals surface area contributed by atoms with E-state index in [0.29, 0.717) is 11.0 Å². The van der Waals surface area contributed by atoms with E-state index in [1.54, 1.807) is 11.3 Å². The lowest BCUT2D eigenvalue weighted by Crippen LogP contribution is -2.04. The van der Waals surface area contributed by atoms with Crippen molar-refractivity contribution in [1.29, 1.82) is 0 Å². The Morgan fingerprint density at radius 2 is 2.33 bits per heavy atom. The third-order valence-corrected chi connectivity index (χ3v) is 3.78. The number of hydrogen-bond donors (Lipinski definition) is 1. The highest BCUT2D eigenvalue weighted by Crippen LogP contribution is 2.26. The van der Waals surface area contributed by atoms with Crippen molar-refractivity contribution in [3.8, 4) is 0 Å². The Morgan fingerprint density at radius 3 is 2.94 bits per heavy atom. The highest BCUT2D eigenvalue weighted by molar-refractivity contribution is 9.10. The van der Waals surface area contributed by atoms with Gasteiger partial charge in [0.1, 0.15) is 0 Å². The van der Waals surface area contributed by atoms with E-state index in [-0.39, 0.29) is 11.5 Å². The molecule has 2 heterocycles. The zero-order valence-corrected chi connectivity index (χ0v) is 11.9. The fourth-order valence-corrected chi connectivity index (χ4v) is 2.63. The minimum atomic E-state index is -0.444. The van der Waals surface area contributed by atoms with Crippen molar-refractivity contribution in [3.63, 3.8) is 0 Å². The molecule has 1 N–H and O–H groups in total. The fraction of sp³-hybridized carbons (Fsp3) is 0.182. The molecular weight excluding hydrogens is 318 g/mol. The Morgan fingerprint density at radius 1 is 1.56 bits per heavy atom. The number of nitrogens with one attached hydrogen (secondary N) is 1. The number of nitrogens with zero attached hydrogens (tertiary/aromatic N) is 2. The fourth-order valence-electron chi connectivity index (χ4n) is 1.45. The zero-order valence-electron chi connectivity index (χ0n) is 9.51. The van der Waals surface area contributed by atoms with Gasteiger partial charge in [0, 0.05) is 23.3 Å². The van der Waals surface area contributed by atoms with Crippen LogP contribution in [-0.4, -0.2) is 9.91 Å². The second-order valence-electron chi connectivity index (χ2n) is 3.71. The molecule has 0 saturated carbocycles. The van der Waals surface area contributed by atoms with E-state index in [0.717, 1.165) is 5.56 Å². The number of pyridine rings is 1. The van der Waals surface area contributed by atoms with Crippen LogP contribution in [0.1, 0.15) is 11.1 Å². The molecule has 7 heteroatoms. The van der Waals surface area contributed by atoms with Gasteiger partial charge in [0.25, 0.3) is 0 Å². The first-order chi connectivity index (χ1) is 8.58. The van der Waals surface area contributed by atoms with E-state index < -0.39 is 4.92 Å². The van der Waals surface area contributed by atoms with Crippen molar-refractivity contribution in [2.24, 2.45) is 0 Å². The van der Waals surface area contributed by atoms with E-state index in [9.17, 15) is 10.1 Å². The van der Waals surface area contributed by atoms with Crippen LogP contribution in [0.15, 0.2) is 27.5 Å². The Labute approximate surface area is 116 Å². The molecule has 0 aliphatic heterocycles. The van der Waals surface area contributed by atoms with Gasteiger partial charge in [-0.3, -0.25) is 10.1 Å². The number of rotatable bonds is 4. The summed E-state index contributed by atoms with van der Waals surface area (Å²) >= 11 is 4.79. The first-order valence-corrected chi connectivity index (χ1v) is 6.87. The zero-order chi connectivity index (χ0) is 13.1. The van der Waals surface area contributed by atoms with Gasteiger partial charge in [0.15, 0.2) is 0 Å². The van der Waals surface area contributed by atoms with Gasteiger partial charge in [-0.05, 0) is 44.7 Å². The molecule has 5 nitrogen and oxygen atoms in total. The summed E-state index contributed by atoms with van der Waals surface area (Å²) in [5.74, 6) is 0.286. The van der Waals surface area contributed by atoms with Crippen LogP contribution in [-0.2, 0) is 6.54 Å². The average molecular weight is 328 g/mol. The largest absolute Gasteiger partial charge is 0.360 e. The summed E-state index contributed by atoms with van der Waals surface area (Å²) in [5.41, 5.74) is 2.27. The summed E-state index contributed by atoms with van der Waals surface area (Å²) < 4.78 is 0.589. The Hall–Kier alpha value is -1.47. The molecule has 18 heavy (non-hydrogen) atoms. The summed E-state index contributed by atoms with van der Waals surface area (Å²) in [5, 5.41) is 18.0. The van der Waals surface area contributed by atoms with Crippen LogP contribution in [0.25, 0.3) is 0 Å². The maximum absolute atomic E-state index is 10.9. The highest BCUT2D eigenvalue weighted by Gasteiger charge is 2.15. The number of halogens is 1. The number of anilines is 1. The monoisotopic (exact) mass is 327 g/mol. The first-order valence-electron chi connectivity index (χ1n) is 5.13. The standard InChI is InChI=1S/C11H10BrN3O2S/c1-7-5-18-6-8(7)3-13-11-10(15(16)17)2-9(12)4-14-11/h2,4-6H,3H2,1H3,(H,13,14). The molecule has 2 rings (SSSR count). The third kappa shape index (κ3) is 2.85. The second-order valence-corrected chi connectivity index (χ2v) is 5.37. The van der Waals surface area contributed by atoms with Crippen molar-refractivity contribution < 1.29 is 4.92 Å². The molecule has 2 aromatic heterocycles. The Kier molecular flexibility index (Phi) is 3.93. The lowest BCUT2D eigenvalue weighted by molar-refractivity contribution is -0.384. The van der Waals surface area contributed by atoms with E-state index in [2.05, 4.69) is 26.2 Å². The van der Waals surface area contributed by atoms with E-state index in [1.165, 1.54) is 17.8 Å². The molecule has 0 amide bonds. The predicted molar refractivity (Wildman–Crippen MR) is 75.0 cm³/mol. The number of thiophene rings is 1. The minimum Gasteiger partial charge on any atom is -0.360 e. The molecule has 0 aromatic carbocycles. The van der Waals surface area contributed by atoms with Crippen LogP contribution >= 0.6 is 27.3 Å².